The maximum Gasteiger partial charge on any atom is 0.275 e. The van der Waals surface area contributed by atoms with Gasteiger partial charge < -0.3 is 5.32 Å². The van der Waals surface area contributed by atoms with Gasteiger partial charge in [0.05, 0.1) is 5.52 Å². The van der Waals surface area contributed by atoms with Crippen molar-refractivity contribution in [1.82, 2.24) is 15.1 Å². The number of carbonyl (C=O) groups is 1. The summed E-state index contributed by atoms with van der Waals surface area (Å²) in [6.45, 7) is 0.292. The molecule has 0 aliphatic carbocycles. The lowest BCUT2D eigenvalue weighted by Crippen LogP contribution is -2.33. The van der Waals surface area contributed by atoms with Crippen LogP contribution in [0.3, 0.4) is 0 Å². The first-order valence-corrected chi connectivity index (χ1v) is 7.55. The fourth-order valence-corrected chi connectivity index (χ4v) is 2.57. The highest BCUT2D eigenvalue weighted by Gasteiger charge is 2.15. The van der Waals surface area contributed by atoms with Crippen molar-refractivity contribution in [2.24, 2.45) is 7.05 Å². The van der Waals surface area contributed by atoms with Gasteiger partial charge in [0.15, 0.2) is 5.69 Å². The van der Waals surface area contributed by atoms with Crippen molar-refractivity contribution in [2.75, 3.05) is 6.54 Å². The lowest BCUT2D eigenvalue weighted by atomic mass is 10.1. The number of fused-ring (bicyclic) bond motifs is 1. The Bertz CT molecular complexity index is 966. The third-order valence-corrected chi connectivity index (χ3v) is 3.77. The van der Waals surface area contributed by atoms with Gasteiger partial charge in [0.25, 0.3) is 5.91 Å². The molecule has 1 aromatic heterocycles. The van der Waals surface area contributed by atoms with Crippen LogP contribution in [0.25, 0.3) is 10.9 Å². The van der Waals surface area contributed by atoms with E-state index in [0.29, 0.717) is 23.9 Å². The zero-order chi connectivity index (χ0) is 17.1. The average molecular weight is 325 g/mol. The van der Waals surface area contributed by atoms with Gasteiger partial charge in [-0.1, -0.05) is 24.3 Å². The van der Waals surface area contributed by atoms with Crippen LogP contribution >= 0.6 is 0 Å². The van der Waals surface area contributed by atoms with E-state index in [9.17, 15) is 14.0 Å². The number of hydrogen-bond acceptors (Lipinski definition) is 3. The number of aryl methyl sites for hydroxylation is 1. The quantitative estimate of drug-likeness (QED) is 0.798. The molecule has 1 heterocycles. The van der Waals surface area contributed by atoms with Crippen molar-refractivity contribution >= 4 is 16.8 Å². The van der Waals surface area contributed by atoms with E-state index in [-0.39, 0.29) is 11.5 Å². The standard InChI is InChI=1S/C18H16FN3O2/c1-22-15-8-3-2-7-14(15)17(23)16(21-22)18(24)20-10-9-12-5-4-6-13(19)11-12/h2-8,11H,9-10H2,1H3,(H,20,24). The van der Waals surface area contributed by atoms with E-state index in [4.69, 9.17) is 0 Å². The van der Waals surface area contributed by atoms with Crippen LogP contribution in [0.5, 0.6) is 0 Å². The van der Waals surface area contributed by atoms with E-state index in [1.54, 1.807) is 37.4 Å². The maximum absolute atomic E-state index is 13.1. The number of para-hydroxylation sites is 1. The van der Waals surface area contributed by atoms with E-state index in [1.807, 2.05) is 6.07 Å². The number of aromatic nitrogens is 2. The number of nitrogens with zero attached hydrogens (tertiary/aromatic N) is 2. The van der Waals surface area contributed by atoms with E-state index >= 15 is 0 Å². The minimum Gasteiger partial charge on any atom is -0.350 e. The molecule has 0 saturated heterocycles. The fraction of sp³-hybridized carbons (Fsp3) is 0.167. The summed E-state index contributed by atoms with van der Waals surface area (Å²) in [6.07, 6.45) is 0.470. The predicted molar refractivity (Wildman–Crippen MR) is 89.4 cm³/mol. The van der Waals surface area contributed by atoms with E-state index in [0.717, 1.165) is 5.56 Å². The number of benzene rings is 2. The van der Waals surface area contributed by atoms with Crippen LogP contribution in [0.15, 0.2) is 53.3 Å². The van der Waals surface area contributed by atoms with Gasteiger partial charge in [0, 0.05) is 19.0 Å². The summed E-state index contributed by atoms with van der Waals surface area (Å²) >= 11 is 0. The van der Waals surface area contributed by atoms with Crippen LogP contribution in [-0.4, -0.2) is 22.2 Å². The molecule has 0 fully saturated rings. The molecule has 3 rings (SSSR count). The molecule has 1 N–H and O–H groups in total. The Hall–Kier alpha value is -3.02. The second kappa shape index (κ2) is 6.62. The van der Waals surface area contributed by atoms with Crippen molar-refractivity contribution in [3.05, 3.63) is 75.8 Å². The minimum atomic E-state index is -0.530. The highest BCUT2D eigenvalue weighted by molar-refractivity contribution is 5.95. The fourth-order valence-electron chi connectivity index (χ4n) is 2.57. The lowest BCUT2D eigenvalue weighted by molar-refractivity contribution is 0.0946. The zero-order valence-electron chi connectivity index (χ0n) is 13.1. The highest BCUT2D eigenvalue weighted by Crippen LogP contribution is 2.08. The smallest absolute Gasteiger partial charge is 0.275 e. The van der Waals surface area contributed by atoms with Crippen molar-refractivity contribution in [3.63, 3.8) is 0 Å². The Morgan fingerprint density at radius 2 is 2.00 bits per heavy atom. The Morgan fingerprint density at radius 3 is 2.79 bits per heavy atom. The molecule has 2 aromatic carbocycles. The first-order chi connectivity index (χ1) is 11.6. The number of nitrogens with one attached hydrogen (secondary N) is 1. The predicted octanol–water partition coefficient (Wildman–Crippen LogP) is 2.05. The summed E-state index contributed by atoms with van der Waals surface area (Å²) in [6, 6.07) is 13.2. The molecule has 24 heavy (non-hydrogen) atoms. The summed E-state index contributed by atoms with van der Waals surface area (Å²) in [7, 11) is 1.69. The van der Waals surface area contributed by atoms with E-state index in [1.165, 1.54) is 16.8 Å². The third-order valence-electron chi connectivity index (χ3n) is 3.77. The summed E-state index contributed by atoms with van der Waals surface area (Å²) in [5, 5.41) is 7.18. The summed E-state index contributed by atoms with van der Waals surface area (Å²) in [5.74, 6) is -0.846. The van der Waals surface area contributed by atoms with Crippen LogP contribution in [0.2, 0.25) is 0 Å². The first-order valence-electron chi connectivity index (χ1n) is 7.55. The van der Waals surface area contributed by atoms with E-state index < -0.39 is 11.3 Å². The summed E-state index contributed by atoms with van der Waals surface area (Å²) in [4.78, 5) is 24.7. The van der Waals surface area contributed by atoms with Gasteiger partial charge in [-0.05, 0) is 36.2 Å². The van der Waals surface area contributed by atoms with Gasteiger partial charge >= 0.3 is 0 Å². The first kappa shape index (κ1) is 15.9. The molecule has 0 bridgehead atoms. The zero-order valence-corrected chi connectivity index (χ0v) is 13.1. The molecule has 122 valence electrons. The molecule has 0 aliphatic heterocycles. The van der Waals surface area contributed by atoms with Crippen molar-refractivity contribution < 1.29 is 9.18 Å². The Morgan fingerprint density at radius 1 is 1.21 bits per heavy atom. The van der Waals surface area contributed by atoms with Crippen LogP contribution in [0, 0.1) is 5.82 Å². The number of hydrogen-bond donors (Lipinski definition) is 1. The molecule has 5 nitrogen and oxygen atoms in total. The minimum absolute atomic E-state index is 0.143. The molecular formula is C18H16FN3O2. The molecule has 0 aliphatic rings. The van der Waals surface area contributed by atoms with Crippen molar-refractivity contribution in [2.45, 2.75) is 6.42 Å². The second-order valence-electron chi connectivity index (χ2n) is 5.45. The maximum atomic E-state index is 13.1. The summed E-state index contributed by atoms with van der Waals surface area (Å²) < 4.78 is 14.6. The molecule has 0 unspecified atom stereocenters. The van der Waals surface area contributed by atoms with E-state index in [2.05, 4.69) is 10.4 Å². The van der Waals surface area contributed by atoms with Gasteiger partial charge in [-0.3, -0.25) is 14.3 Å². The lowest BCUT2D eigenvalue weighted by Gasteiger charge is -2.08. The molecule has 0 spiro atoms. The number of rotatable bonds is 4. The van der Waals surface area contributed by atoms with Crippen LogP contribution < -0.4 is 10.7 Å². The van der Waals surface area contributed by atoms with Gasteiger partial charge in [-0.15, -0.1) is 0 Å². The molecule has 6 heteroatoms. The second-order valence-corrected chi connectivity index (χ2v) is 5.45. The third kappa shape index (κ3) is 3.17. The molecule has 1 amide bonds. The SMILES string of the molecule is Cn1nc(C(=O)NCCc2cccc(F)c2)c(=O)c2ccccc21. The molecule has 3 aromatic rings. The van der Waals surface area contributed by atoms with Crippen LogP contribution in [0.1, 0.15) is 16.1 Å². The van der Waals surface area contributed by atoms with Gasteiger partial charge in [-0.25, -0.2) is 4.39 Å². The largest absolute Gasteiger partial charge is 0.350 e. The Kier molecular flexibility index (Phi) is 4.37. The van der Waals surface area contributed by atoms with Gasteiger partial charge in [0.2, 0.25) is 5.43 Å². The molecule has 0 saturated carbocycles. The van der Waals surface area contributed by atoms with Crippen LogP contribution in [0.4, 0.5) is 4.39 Å². The monoisotopic (exact) mass is 325 g/mol. The number of halogens is 1. The Labute approximate surface area is 137 Å². The number of amides is 1. The van der Waals surface area contributed by atoms with Crippen molar-refractivity contribution in [1.29, 1.82) is 0 Å². The molecule has 0 radical (unpaired) electrons. The van der Waals surface area contributed by atoms with Crippen LogP contribution in [-0.2, 0) is 13.5 Å². The topological polar surface area (TPSA) is 64.0 Å². The van der Waals surface area contributed by atoms with Gasteiger partial charge in [0.1, 0.15) is 5.82 Å². The average Bonchev–Trinajstić information content (AvgIpc) is 2.58. The Balaban J connectivity index is 1.77. The normalized spacial score (nSPS) is 10.8. The van der Waals surface area contributed by atoms with Gasteiger partial charge in [-0.2, -0.15) is 5.10 Å². The summed E-state index contributed by atoms with van der Waals surface area (Å²) in [5.41, 5.74) is 0.899. The number of carbonyl (C=O) groups excluding carboxylic acids is 1. The highest BCUT2D eigenvalue weighted by atomic mass is 19.1. The molecule has 0 atom stereocenters. The van der Waals surface area contributed by atoms with Crippen molar-refractivity contribution in [3.8, 4) is 0 Å². The molecular weight excluding hydrogens is 309 g/mol.